The van der Waals surface area contributed by atoms with E-state index >= 15 is 0 Å². The topological polar surface area (TPSA) is 61.8 Å². The Morgan fingerprint density at radius 2 is 1.18 bits per heavy atom. The van der Waals surface area contributed by atoms with Gasteiger partial charge in [0.15, 0.2) is 5.69 Å². The summed E-state index contributed by atoms with van der Waals surface area (Å²) < 4.78 is 4.47. The summed E-state index contributed by atoms with van der Waals surface area (Å²) in [4.78, 5) is 3.73. The predicted octanol–water partition coefficient (Wildman–Crippen LogP) is 11.5. The molecule has 50 heavy (non-hydrogen) atoms. The molecule has 2 heterocycles. The van der Waals surface area contributed by atoms with Crippen molar-refractivity contribution in [2.75, 3.05) is 0 Å². The third-order valence-corrected chi connectivity index (χ3v) is 9.60. The van der Waals surface area contributed by atoms with Crippen molar-refractivity contribution in [2.45, 2.75) is 0 Å². The largest absolute Gasteiger partial charge is 0.310 e. The average molecular weight is 636 g/mol. The van der Waals surface area contributed by atoms with Gasteiger partial charge in [0.25, 0.3) is 0 Å². The lowest BCUT2D eigenvalue weighted by Crippen LogP contribution is -1.98. The summed E-state index contributed by atoms with van der Waals surface area (Å²) >= 11 is 0. The molecule has 0 unspecified atom stereocenters. The Hall–Kier alpha value is -7.39. The van der Waals surface area contributed by atoms with Crippen LogP contribution in [0.1, 0.15) is 11.1 Å². The van der Waals surface area contributed by atoms with Gasteiger partial charge in [0.1, 0.15) is 0 Å². The number of hydrogen-bond donors (Lipinski definition) is 0. The standard InChI is InChI=1S/C45H25N5/c1-48-33-20-21-38-36-12-3-7-16-43(36)50(45(38)26-33)41-14-5-2-11-35(41)31-18-19-32(28-47)39(25-31)30-9-8-10-34(24-30)49-42-15-6-4-13-37(42)40-23-29(27-46)17-22-44(40)49/h2-26H. The van der Waals surface area contributed by atoms with Gasteiger partial charge in [-0.25, -0.2) is 4.85 Å². The van der Waals surface area contributed by atoms with Gasteiger partial charge < -0.3 is 9.13 Å². The summed E-state index contributed by atoms with van der Waals surface area (Å²) in [5, 5.41) is 24.2. The lowest BCUT2D eigenvalue weighted by atomic mass is 9.94. The van der Waals surface area contributed by atoms with E-state index in [1.165, 1.54) is 0 Å². The monoisotopic (exact) mass is 635 g/mol. The highest BCUT2D eigenvalue weighted by atomic mass is 15.0. The van der Waals surface area contributed by atoms with Crippen molar-refractivity contribution in [1.29, 1.82) is 10.5 Å². The molecule has 9 rings (SSSR count). The Labute approximate surface area is 288 Å². The van der Waals surface area contributed by atoms with Gasteiger partial charge in [0.2, 0.25) is 0 Å². The summed E-state index contributed by atoms with van der Waals surface area (Å²) in [5.74, 6) is 0. The van der Waals surface area contributed by atoms with Gasteiger partial charge in [-0.05, 0) is 77.9 Å². The fourth-order valence-electron chi connectivity index (χ4n) is 7.38. The molecule has 0 aliphatic rings. The van der Waals surface area contributed by atoms with E-state index < -0.39 is 0 Å². The minimum atomic E-state index is 0.586. The summed E-state index contributed by atoms with van der Waals surface area (Å²) in [6.07, 6.45) is 0. The Morgan fingerprint density at radius 3 is 1.98 bits per heavy atom. The number of rotatable bonds is 4. The molecule has 0 amide bonds. The molecule has 0 saturated carbocycles. The second kappa shape index (κ2) is 11.4. The molecule has 0 saturated heterocycles. The van der Waals surface area contributed by atoms with Crippen molar-refractivity contribution < 1.29 is 0 Å². The quantitative estimate of drug-likeness (QED) is 0.181. The van der Waals surface area contributed by atoms with E-state index in [-0.39, 0.29) is 0 Å². The molecule has 0 fully saturated rings. The van der Waals surface area contributed by atoms with Crippen LogP contribution in [0.4, 0.5) is 5.69 Å². The minimum Gasteiger partial charge on any atom is -0.310 e. The maximum Gasteiger partial charge on any atom is 0.189 e. The van der Waals surface area contributed by atoms with E-state index in [1.54, 1.807) is 0 Å². The van der Waals surface area contributed by atoms with E-state index in [1.807, 2.05) is 91.0 Å². The molecular weight excluding hydrogens is 611 g/mol. The molecule has 0 aliphatic heterocycles. The highest BCUT2D eigenvalue weighted by Gasteiger charge is 2.18. The Morgan fingerprint density at radius 1 is 0.480 bits per heavy atom. The first kappa shape index (κ1) is 28.8. The van der Waals surface area contributed by atoms with E-state index in [2.05, 4.69) is 86.8 Å². The van der Waals surface area contributed by atoms with Gasteiger partial charge in [0.05, 0.1) is 52.1 Å². The smallest absolute Gasteiger partial charge is 0.189 e. The molecule has 0 aliphatic carbocycles. The van der Waals surface area contributed by atoms with E-state index in [0.29, 0.717) is 16.8 Å². The fraction of sp³-hybridized carbons (Fsp3) is 0. The van der Waals surface area contributed by atoms with Gasteiger partial charge in [-0.1, -0.05) is 84.9 Å². The highest BCUT2D eigenvalue weighted by Crippen LogP contribution is 2.40. The van der Waals surface area contributed by atoms with Gasteiger partial charge in [-0.3, -0.25) is 0 Å². The van der Waals surface area contributed by atoms with Crippen molar-refractivity contribution in [3.05, 3.63) is 174 Å². The summed E-state index contributed by atoms with van der Waals surface area (Å²) in [7, 11) is 0. The van der Waals surface area contributed by atoms with E-state index in [9.17, 15) is 10.5 Å². The van der Waals surface area contributed by atoms with Gasteiger partial charge in [-0.2, -0.15) is 10.5 Å². The molecular formula is C45H25N5. The average Bonchev–Trinajstić information content (AvgIpc) is 3.69. The van der Waals surface area contributed by atoms with Crippen LogP contribution < -0.4 is 0 Å². The maximum atomic E-state index is 10.3. The van der Waals surface area contributed by atoms with Crippen LogP contribution in [0.2, 0.25) is 0 Å². The molecule has 0 N–H and O–H groups in total. The van der Waals surface area contributed by atoms with E-state index in [4.69, 9.17) is 6.57 Å². The maximum absolute atomic E-state index is 10.3. The van der Waals surface area contributed by atoms with Gasteiger partial charge in [-0.15, -0.1) is 0 Å². The highest BCUT2D eigenvalue weighted by molar-refractivity contribution is 6.11. The Balaban J connectivity index is 1.24. The number of para-hydroxylation sites is 3. The van der Waals surface area contributed by atoms with Crippen LogP contribution in [-0.4, -0.2) is 9.13 Å². The normalized spacial score (nSPS) is 11.1. The van der Waals surface area contributed by atoms with Crippen LogP contribution in [-0.2, 0) is 0 Å². The van der Waals surface area contributed by atoms with Crippen LogP contribution in [0, 0.1) is 29.2 Å². The first-order valence-electron chi connectivity index (χ1n) is 16.3. The number of aromatic nitrogens is 2. The first-order chi connectivity index (χ1) is 24.7. The van der Waals surface area contributed by atoms with Crippen molar-refractivity contribution in [1.82, 2.24) is 9.13 Å². The fourth-order valence-corrected chi connectivity index (χ4v) is 7.38. The molecule has 230 valence electrons. The van der Waals surface area contributed by atoms with Gasteiger partial charge in [0, 0.05) is 43.9 Å². The molecule has 7 aromatic carbocycles. The zero-order valence-corrected chi connectivity index (χ0v) is 26.7. The van der Waals surface area contributed by atoms with Crippen molar-refractivity contribution in [2.24, 2.45) is 0 Å². The third kappa shape index (κ3) is 4.38. The molecule has 9 aromatic rings. The van der Waals surface area contributed by atoms with Gasteiger partial charge >= 0.3 is 0 Å². The minimum absolute atomic E-state index is 0.586. The SMILES string of the molecule is [C-]#[N+]c1ccc2c3ccccc3n(-c3ccccc3-c3ccc(C#N)c(-c4cccc(-n5c6ccccc6c6cc(C#N)ccc65)c4)c3)c2c1. The predicted molar refractivity (Wildman–Crippen MR) is 202 cm³/mol. The van der Waals surface area contributed by atoms with Crippen molar-refractivity contribution in [3.63, 3.8) is 0 Å². The summed E-state index contributed by atoms with van der Waals surface area (Å²) in [6.45, 7) is 7.68. The van der Waals surface area contributed by atoms with E-state index in [0.717, 1.165) is 77.2 Å². The second-order valence-electron chi connectivity index (χ2n) is 12.3. The third-order valence-electron chi connectivity index (χ3n) is 9.60. The van der Waals surface area contributed by atoms with Crippen LogP contribution in [0.5, 0.6) is 0 Å². The molecule has 0 radical (unpaired) electrons. The van der Waals surface area contributed by atoms with Crippen molar-refractivity contribution in [3.8, 4) is 45.8 Å². The molecule has 0 atom stereocenters. The molecule has 5 heteroatoms. The van der Waals surface area contributed by atoms with Crippen LogP contribution in [0.25, 0.3) is 82.1 Å². The summed E-state index contributed by atoms with van der Waals surface area (Å²) in [5.41, 5.74) is 11.6. The van der Waals surface area contributed by atoms with Crippen LogP contribution in [0.15, 0.2) is 152 Å². The lowest BCUT2D eigenvalue weighted by Gasteiger charge is -2.16. The number of fused-ring (bicyclic) bond motifs is 6. The van der Waals surface area contributed by atoms with Crippen molar-refractivity contribution >= 4 is 49.3 Å². The molecule has 2 aromatic heterocycles. The Bertz CT molecular complexity index is 2970. The number of nitrogens with zero attached hydrogens (tertiary/aromatic N) is 5. The molecule has 0 bridgehead atoms. The Kier molecular flexibility index (Phi) is 6.56. The zero-order valence-electron chi connectivity index (χ0n) is 26.7. The number of nitriles is 2. The second-order valence-corrected chi connectivity index (χ2v) is 12.3. The molecule has 5 nitrogen and oxygen atoms in total. The molecule has 0 spiro atoms. The summed E-state index contributed by atoms with van der Waals surface area (Å²) in [6, 6.07) is 55.6. The number of hydrogen-bond acceptors (Lipinski definition) is 2. The first-order valence-corrected chi connectivity index (χ1v) is 16.3. The van der Waals surface area contributed by atoms with Crippen LogP contribution in [0.3, 0.4) is 0 Å². The number of benzene rings is 7. The lowest BCUT2D eigenvalue weighted by molar-refractivity contribution is 1.18. The zero-order chi connectivity index (χ0) is 33.8. The van der Waals surface area contributed by atoms with Crippen LogP contribution >= 0.6 is 0 Å².